The largest absolute Gasteiger partial charge is 0.493 e. The number of ether oxygens (including phenoxy) is 3. The predicted molar refractivity (Wildman–Crippen MR) is 131 cm³/mol. The summed E-state index contributed by atoms with van der Waals surface area (Å²) in [6, 6.07) is 19.9. The molecule has 1 heterocycles. The summed E-state index contributed by atoms with van der Waals surface area (Å²) in [6.45, 7) is 4.58. The van der Waals surface area contributed by atoms with Crippen molar-refractivity contribution in [2.24, 2.45) is 4.99 Å². The Hall–Kier alpha value is -3.74. The van der Waals surface area contributed by atoms with E-state index >= 15 is 0 Å². The van der Waals surface area contributed by atoms with Gasteiger partial charge < -0.3 is 24.8 Å². The van der Waals surface area contributed by atoms with Crippen LogP contribution in [-0.2, 0) is 19.6 Å². The molecule has 0 bridgehead atoms. The number of pyridine rings is 1. The summed E-state index contributed by atoms with van der Waals surface area (Å²) in [5.74, 6) is 2.83. The molecule has 2 aromatic carbocycles. The molecular weight excluding hydrogens is 416 g/mol. The number of benzene rings is 2. The van der Waals surface area contributed by atoms with E-state index in [9.17, 15) is 0 Å². The minimum absolute atomic E-state index is 0.487. The van der Waals surface area contributed by atoms with Crippen LogP contribution in [0.4, 0.5) is 0 Å². The molecule has 0 atom stereocenters. The zero-order chi connectivity index (χ0) is 23.3. The molecule has 3 rings (SSSR count). The Bertz CT molecular complexity index is 1030. The smallest absolute Gasteiger partial charge is 0.213 e. The van der Waals surface area contributed by atoms with E-state index in [1.54, 1.807) is 20.4 Å². The summed E-state index contributed by atoms with van der Waals surface area (Å²) in [5, 5.41) is 6.68. The SMILES string of the molecule is CCNC(=NCc1ccnc(OCc2ccccc2)c1)NCCc1ccc(OC)c(OC)c1. The number of aliphatic imine (C=N–C) groups is 1. The molecule has 33 heavy (non-hydrogen) atoms. The zero-order valence-electron chi connectivity index (χ0n) is 19.5. The second-order valence-corrected chi connectivity index (χ2v) is 7.34. The van der Waals surface area contributed by atoms with Crippen molar-refractivity contribution in [3.63, 3.8) is 0 Å². The summed E-state index contributed by atoms with van der Waals surface area (Å²) >= 11 is 0. The lowest BCUT2D eigenvalue weighted by Gasteiger charge is -2.13. The van der Waals surface area contributed by atoms with E-state index < -0.39 is 0 Å². The van der Waals surface area contributed by atoms with Crippen LogP contribution in [-0.4, -0.2) is 38.3 Å². The number of methoxy groups -OCH3 is 2. The fourth-order valence-corrected chi connectivity index (χ4v) is 3.23. The summed E-state index contributed by atoms with van der Waals surface area (Å²) in [5.41, 5.74) is 3.30. The van der Waals surface area contributed by atoms with Crippen LogP contribution in [0.25, 0.3) is 0 Å². The highest BCUT2D eigenvalue weighted by Gasteiger charge is 2.05. The zero-order valence-corrected chi connectivity index (χ0v) is 19.5. The third-order valence-electron chi connectivity index (χ3n) is 4.95. The summed E-state index contributed by atoms with van der Waals surface area (Å²) in [4.78, 5) is 9.01. The third kappa shape index (κ3) is 7.71. The van der Waals surface area contributed by atoms with E-state index in [-0.39, 0.29) is 0 Å². The highest BCUT2D eigenvalue weighted by molar-refractivity contribution is 5.79. The van der Waals surface area contributed by atoms with Crippen LogP contribution in [0.3, 0.4) is 0 Å². The Morgan fingerprint density at radius 1 is 0.879 bits per heavy atom. The van der Waals surface area contributed by atoms with Gasteiger partial charge in [-0.1, -0.05) is 36.4 Å². The fourth-order valence-electron chi connectivity index (χ4n) is 3.23. The van der Waals surface area contributed by atoms with Gasteiger partial charge in [-0.25, -0.2) is 9.98 Å². The van der Waals surface area contributed by atoms with Crippen molar-refractivity contribution in [2.45, 2.75) is 26.5 Å². The molecule has 0 aliphatic carbocycles. The van der Waals surface area contributed by atoms with Crippen molar-refractivity contribution in [3.8, 4) is 17.4 Å². The molecule has 174 valence electrons. The van der Waals surface area contributed by atoms with Crippen molar-refractivity contribution in [3.05, 3.63) is 83.6 Å². The summed E-state index contributed by atoms with van der Waals surface area (Å²) in [6.07, 6.45) is 2.58. The summed E-state index contributed by atoms with van der Waals surface area (Å²) < 4.78 is 16.5. The normalized spacial score (nSPS) is 11.1. The molecule has 1 aromatic heterocycles. The van der Waals surface area contributed by atoms with Gasteiger partial charge in [-0.3, -0.25) is 0 Å². The standard InChI is InChI=1S/C26H32N4O3/c1-4-27-26(29-15-12-20-10-11-23(31-2)24(16-20)32-3)30-18-22-13-14-28-25(17-22)33-19-21-8-6-5-7-9-21/h5-11,13-14,16-17H,4,12,15,18-19H2,1-3H3,(H2,27,29,30). The van der Waals surface area contributed by atoms with Crippen LogP contribution in [0.2, 0.25) is 0 Å². The van der Waals surface area contributed by atoms with Crippen molar-refractivity contribution in [2.75, 3.05) is 27.3 Å². The van der Waals surface area contributed by atoms with Crippen LogP contribution in [0.15, 0.2) is 71.9 Å². The van der Waals surface area contributed by atoms with Crippen molar-refractivity contribution < 1.29 is 14.2 Å². The van der Waals surface area contributed by atoms with Gasteiger partial charge in [-0.15, -0.1) is 0 Å². The van der Waals surface area contributed by atoms with Gasteiger partial charge in [-0.2, -0.15) is 0 Å². The fraction of sp³-hybridized carbons (Fsp3) is 0.308. The minimum atomic E-state index is 0.487. The molecule has 3 aromatic rings. The van der Waals surface area contributed by atoms with Gasteiger partial charge in [0.05, 0.1) is 20.8 Å². The van der Waals surface area contributed by atoms with Gasteiger partial charge in [-0.05, 0) is 48.2 Å². The first-order valence-electron chi connectivity index (χ1n) is 11.1. The molecule has 0 spiro atoms. The van der Waals surface area contributed by atoms with Gasteiger partial charge in [0.15, 0.2) is 17.5 Å². The molecule has 0 saturated carbocycles. The summed E-state index contributed by atoms with van der Waals surface area (Å²) in [7, 11) is 3.28. The predicted octanol–water partition coefficient (Wildman–Crippen LogP) is 3.98. The Kier molecular flexibility index (Phi) is 9.39. The molecule has 0 fully saturated rings. The second kappa shape index (κ2) is 13.0. The maximum atomic E-state index is 5.83. The lowest BCUT2D eigenvalue weighted by atomic mass is 10.1. The quantitative estimate of drug-likeness (QED) is 0.341. The average molecular weight is 449 g/mol. The lowest BCUT2D eigenvalue weighted by molar-refractivity contribution is 0.293. The van der Waals surface area contributed by atoms with Gasteiger partial charge in [0.25, 0.3) is 0 Å². The van der Waals surface area contributed by atoms with E-state index in [1.165, 1.54) is 0 Å². The average Bonchev–Trinajstić information content (AvgIpc) is 2.86. The molecule has 0 amide bonds. The van der Waals surface area contributed by atoms with Gasteiger partial charge in [0.1, 0.15) is 6.61 Å². The second-order valence-electron chi connectivity index (χ2n) is 7.34. The maximum absolute atomic E-state index is 5.83. The topological polar surface area (TPSA) is 77.0 Å². The first-order chi connectivity index (χ1) is 16.2. The highest BCUT2D eigenvalue weighted by atomic mass is 16.5. The van der Waals surface area contributed by atoms with Crippen LogP contribution in [0.1, 0.15) is 23.6 Å². The minimum Gasteiger partial charge on any atom is -0.493 e. The molecular formula is C26H32N4O3. The van der Waals surface area contributed by atoms with E-state index in [0.717, 1.165) is 53.7 Å². The first kappa shape index (κ1) is 23.9. The number of aromatic nitrogens is 1. The molecule has 0 aliphatic rings. The number of hydrogen-bond donors (Lipinski definition) is 2. The Morgan fingerprint density at radius 3 is 2.45 bits per heavy atom. The number of hydrogen-bond acceptors (Lipinski definition) is 5. The third-order valence-corrected chi connectivity index (χ3v) is 4.95. The van der Waals surface area contributed by atoms with Crippen LogP contribution < -0.4 is 24.8 Å². The van der Waals surface area contributed by atoms with Crippen molar-refractivity contribution >= 4 is 5.96 Å². The van der Waals surface area contributed by atoms with E-state index in [0.29, 0.717) is 19.0 Å². The van der Waals surface area contributed by atoms with Crippen LogP contribution in [0, 0.1) is 0 Å². The Morgan fingerprint density at radius 2 is 1.70 bits per heavy atom. The van der Waals surface area contributed by atoms with Gasteiger partial charge in [0.2, 0.25) is 5.88 Å². The number of rotatable bonds is 11. The molecule has 0 radical (unpaired) electrons. The van der Waals surface area contributed by atoms with Crippen LogP contribution in [0.5, 0.6) is 17.4 Å². The van der Waals surface area contributed by atoms with Gasteiger partial charge in [0, 0.05) is 25.4 Å². The molecule has 2 N–H and O–H groups in total. The number of nitrogens with zero attached hydrogens (tertiary/aromatic N) is 2. The molecule has 0 aliphatic heterocycles. The molecule has 0 saturated heterocycles. The first-order valence-corrected chi connectivity index (χ1v) is 11.1. The highest BCUT2D eigenvalue weighted by Crippen LogP contribution is 2.27. The molecule has 0 unspecified atom stereocenters. The van der Waals surface area contributed by atoms with Gasteiger partial charge >= 0.3 is 0 Å². The van der Waals surface area contributed by atoms with Crippen molar-refractivity contribution in [1.82, 2.24) is 15.6 Å². The number of nitrogens with one attached hydrogen (secondary N) is 2. The van der Waals surface area contributed by atoms with Crippen LogP contribution >= 0.6 is 0 Å². The monoisotopic (exact) mass is 448 g/mol. The Balaban J connectivity index is 1.54. The molecule has 7 nitrogen and oxygen atoms in total. The van der Waals surface area contributed by atoms with E-state index in [1.807, 2.05) is 67.6 Å². The lowest BCUT2D eigenvalue weighted by Crippen LogP contribution is -2.38. The van der Waals surface area contributed by atoms with E-state index in [4.69, 9.17) is 19.2 Å². The number of guanidine groups is 1. The van der Waals surface area contributed by atoms with E-state index in [2.05, 4.69) is 15.6 Å². The molecule has 7 heteroatoms. The maximum Gasteiger partial charge on any atom is 0.213 e. The van der Waals surface area contributed by atoms with Crippen molar-refractivity contribution in [1.29, 1.82) is 0 Å². The Labute approximate surface area is 195 Å².